The molecular formula is C21H20F2N6. The van der Waals surface area contributed by atoms with Crippen LogP contribution in [0.15, 0.2) is 49.1 Å². The van der Waals surface area contributed by atoms with Gasteiger partial charge in [-0.05, 0) is 49.1 Å². The summed E-state index contributed by atoms with van der Waals surface area (Å²) in [6.07, 6.45) is 9.89. The Kier molecular flexibility index (Phi) is 4.26. The number of anilines is 1. The second kappa shape index (κ2) is 6.95. The standard InChI is InChI=1S/C21H20F2N6/c1-2-14-11-24-29(13-14)19-12-25-28-9-7-20(26-21(19)28)27-8-3-4-18(27)16-10-15(22)5-6-17(16)23/h5-7,9-13,18H,2-4,8H2,1H3/t18-/m0/s1. The molecular weight excluding hydrogens is 374 g/mol. The van der Waals surface area contributed by atoms with Crippen molar-refractivity contribution in [1.29, 1.82) is 0 Å². The van der Waals surface area contributed by atoms with Crippen molar-refractivity contribution in [3.05, 3.63) is 71.8 Å². The maximum Gasteiger partial charge on any atom is 0.183 e. The summed E-state index contributed by atoms with van der Waals surface area (Å²) in [4.78, 5) is 6.84. The lowest BCUT2D eigenvalue weighted by Gasteiger charge is -2.26. The average Bonchev–Trinajstić information content (AvgIpc) is 3.47. The van der Waals surface area contributed by atoms with Crippen LogP contribution in [0.25, 0.3) is 11.3 Å². The van der Waals surface area contributed by atoms with E-state index in [1.165, 1.54) is 12.1 Å². The van der Waals surface area contributed by atoms with E-state index in [2.05, 4.69) is 17.1 Å². The summed E-state index contributed by atoms with van der Waals surface area (Å²) in [5.74, 6) is -0.105. The molecule has 1 atom stereocenters. The summed E-state index contributed by atoms with van der Waals surface area (Å²) in [6.45, 7) is 2.81. The van der Waals surface area contributed by atoms with Crippen LogP contribution in [-0.2, 0) is 6.42 Å². The molecule has 0 amide bonds. The summed E-state index contributed by atoms with van der Waals surface area (Å²) in [6, 6.07) is 5.24. The maximum absolute atomic E-state index is 14.4. The predicted octanol–water partition coefficient (Wildman–Crippen LogP) is 4.10. The Morgan fingerprint density at radius 2 is 2.03 bits per heavy atom. The molecule has 4 heterocycles. The molecule has 0 bridgehead atoms. The molecule has 0 spiro atoms. The first-order valence-electron chi connectivity index (χ1n) is 9.74. The van der Waals surface area contributed by atoms with E-state index in [0.29, 0.717) is 17.0 Å². The first-order chi connectivity index (χ1) is 14.1. The molecule has 5 rings (SSSR count). The van der Waals surface area contributed by atoms with E-state index in [9.17, 15) is 8.78 Å². The third kappa shape index (κ3) is 3.04. The van der Waals surface area contributed by atoms with Gasteiger partial charge in [-0.3, -0.25) is 0 Å². The highest BCUT2D eigenvalue weighted by Gasteiger charge is 2.30. The van der Waals surface area contributed by atoms with Gasteiger partial charge in [-0.2, -0.15) is 10.2 Å². The number of aryl methyl sites for hydroxylation is 1. The number of halogens is 2. The minimum absolute atomic E-state index is 0.247. The molecule has 1 aromatic carbocycles. The Balaban J connectivity index is 1.56. The van der Waals surface area contributed by atoms with Crippen LogP contribution in [0.3, 0.4) is 0 Å². The van der Waals surface area contributed by atoms with E-state index in [1.54, 1.807) is 15.4 Å². The van der Waals surface area contributed by atoms with Gasteiger partial charge in [0.05, 0.1) is 18.4 Å². The van der Waals surface area contributed by atoms with Gasteiger partial charge in [0.1, 0.15) is 23.1 Å². The van der Waals surface area contributed by atoms with Gasteiger partial charge >= 0.3 is 0 Å². The second-order valence-corrected chi connectivity index (χ2v) is 7.25. The van der Waals surface area contributed by atoms with Gasteiger partial charge in [-0.25, -0.2) is 23.0 Å². The monoisotopic (exact) mass is 394 g/mol. The summed E-state index contributed by atoms with van der Waals surface area (Å²) < 4.78 is 31.6. The first kappa shape index (κ1) is 17.8. The van der Waals surface area contributed by atoms with E-state index in [-0.39, 0.29) is 6.04 Å². The highest BCUT2D eigenvalue weighted by molar-refractivity contribution is 5.61. The lowest BCUT2D eigenvalue weighted by molar-refractivity contribution is 0.560. The largest absolute Gasteiger partial charge is 0.349 e. The van der Waals surface area contributed by atoms with Crippen LogP contribution >= 0.6 is 0 Å². The zero-order valence-electron chi connectivity index (χ0n) is 16.0. The fourth-order valence-corrected chi connectivity index (χ4v) is 3.98. The van der Waals surface area contributed by atoms with Crippen LogP contribution in [0.5, 0.6) is 0 Å². The zero-order valence-corrected chi connectivity index (χ0v) is 16.0. The maximum atomic E-state index is 14.4. The molecule has 1 aliphatic heterocycles. The molecule has 148 valence electrons. The van der Waals surface area contributed by atoms with E-state index >= 15 is 0 Å². The van der Waals surface area contributed by atoms with Gasteiger partial charge in [-0.15, -0.1) is 0 Å². The molecule has 0 N–H and O–H groups in total. The Labute approximate surface area is 166 Å². The Morgan fingerprint density at radius 1 is 1.14 bits per heavy atom. The number of hydrogen-bond donors (Lipinski definition) is 0. The highest BCUT2D eigenvalue weighted by atomic mass is 19.1. The van der Waals surface area contributed by atoms with Crippen LogP contribution < -0.4 is 4.90 Å². The van der Waals surface area contributed by atoms with Crippen molar-refractivity contribution in [3.63, 3.8) is 0 Å². The molecule has 1 aliphatic rings. The number of benzene rings is 1. The molecule has 0 saturated carbocycles. The van der Waals surface area contributed by atoms with E-state index in [4.69, 9.17) is 4.98 Å². The lowest BCUT2D eigenvalue weighted by Crippen LogP contribution is -2.24. The average molecular weight is 394 g/mol. The van der Waals surface area contributed by atoms with E-state index in [0.717, 1.165) is 43.1 Å². The minimum Gasteiger partial charge on any atom is -0.349 e. The van der Waals surface area contributed by atoms with Crippen molar-refractivity contribution in [1.82, 2.24) is 24.4 Å². The quantitative estimate of drug-likeness (QED) is 0.523. The van der Waals surface area contributed by atoms with Crippen LogP contribution in [0.1, 0.15) is 36.9 Å². The first-order valence-corrected chi connectivity index (χ1v) is 9.74. The number of nitrogens with zero attached hydrogens (tertiary/aromatic N) is 6. The van der Waals surface area contributed by atoms with Crippen LogP contribution in [-0.4, -0.2) is 30.9 Å². The summed E-state index contributed by atoms with van der Waals surface area (Å²) in [5, 5.41) is 8.78. The van der Waals surface area contributed by atoms with Gasteiger partial charge in [0.2, 0.25) is 0 Å². The van der Waals surface area contributed by atoms with Crippen molar-refractivity contribution in [3.8, 4) is 5.69 Å². The van der Waals surface area contributed by atoms with E-state index in [1.807, 2.05) is 29.6 Å². The van der Waals surface area contributed by atoms with E-state index < -0.39 is 11.6 Å². The Hall–Kier alpha value is -3.29. The van der Waals surface area contributed by atoms with Gasteiger partial charge in [0, 0.05) is 24.5 Å². The minimum atomic E-state index is -0.430. The van der Waals surface area contributed by atoms with Gasteiger partial charge in [0.25, 0.3) is 0 Å². The van der Waals surface area contributed by atoms with Gasteiger partial charge in [-0.1, -0.05) is 6.92 Å². The highest BCUT2D eigenvalue weighted by Crippen LogP contribution is 2.37. The Bertz CT molecular complexity index is 1180. The van der Waals surface area contributed by atoms with Gasteiger partial charge in [0.15, 0.2) is 5.65 Å². The normalized spacial score (nSPS) is 16.8. The van der Waals surface area contributed by atoms with Crippen LogP contribution in [0.2, 0.25) is 0 Å². The fourth-order valence-electron chi connectivity index (χ4n) is 3.98. The van der Waals surface area contributed by atoms with Crippen molar-refractivity contribution in [2.75, 3.05) is 11.4 Å². The topological polar surface area (TPSA) is 51.3 Å². The molecule has 29 heavy (non-hydrogen) atoms. The SMILES string of the molecule is CCc1cnn(-c2cnn3ccc(N4CCC[C@H]4c4cc(F)ccc4F)nc23)c1. The smallest absolute Gasteiger partial charge is 0.183 e. The number of fused-ring (bicyclic) bond motifs is 1. The third-order valence-corrected chi connectivity index (χ3v) is 5.49. The lowest BCUT2D eigenvalue weighted by atomic mass is 10.0. The molecule has 1 fully saturated rings. The van der Waals surface area contributed by atoms with Crippen LogP contribution in [0.4, 0.5) is 14.6 Å². The number of rotatable bonds is 4. The Morgan fingerprint density at radius 3 is 2.86 bits per heavy atom. The van der Waals surface area contributed by atoms with Gasteiger partial charge < -0.3 is 4.90 Å². The number of aromatic nitrogens is 5. The van der Waals surface area contributed by atoms with Crippen molar-refractivity contribution in [2.45, 2.75) is 32.2 Å². The zero-order chi connectivity index (χ0) is 20.0. The summed E-state index contributed by atoms with van der Waals surface area (Å²) >= 11 is 0. The number of hydrogen-bond acceptors (Lipinski definition) is 4. The molecule has 4 aromatic rings. The summed E-state index contributed by atoms with van der Waals surface area (Å²) in [7, 11) is 0. The van der Waals surface area contributed by atoms with Crippen molar-refractivity contribution in [2.24, 2.45) is 0 Å². The van der Waals surface area contributed by atoms with Crippen molar-refractivity contribution < 1.29 is 8.78 Å². The molecule has 0 radical (unpaired) electrons. The van der Waals surface area contributed by atoms with Crippen LogP contribution in [0, 0.1) is 11.6 Å². The molecule has 3 aromatic heterocycles. The van der Waals surface area contributed by atoms with Crippen molar-refractivity contribution >= 4 is 11.5 Å². The summed E-state index contributed by atoms with van der Waals surface area (Å²) in [5.41, 5.74) is 2.94. The third-order valence-electron chi connectivity index (χ3n) is 5.49. The molecule has 8 heteroatoms. The second-order valence-electron chi connectivity index (χ2n) is 7.25. The molecule has 0 aliphatic carbocycles. The molecule has 1 saturated heterocycles. The molecule has 0 unspecified atom stereocenters. The molecule has 6 nitrogen and oxygen atoms in total. The fraction of sp³-hybridized carbons (Fsp3) is 0.286. The predicted molar refractivity (Wildman–Crippen MR) is 105 cm³/mol.